The minimum atomic E-state index is -0.410. The molecular formula is C19H28N2O4. The van der Waals surface area contributed by atoms with Gasteiger partial charge in [-0.05, 0) is 56.2 Å². The van der Waals surface area contributed by atoms with Crippen LogP contribution in [0.25, 0.3) is 0 Å². The summed E-state index contributed by atoms with van der Waals surface area (Å²) < 4.78 is 11.5. The molecule has 1 aliphatic heterocycles. The maximum absolute atomic E-state index is 12.3. The minimum absolute atomic E-state index is 0.132. The van der Waals surface area contributed by atoms with Crippen LogP contribution in [0.1, 0.15) is 44.1 Å². The summed E-state index contributed by atoms with van der Waals surface area (Å²) in [5.74, 6) is 1.47. The summed E-state index contributed by atoms with van der Waals surface area (Å²) in [5.41, 5.74) is 0.972. The molecule has 6 nitrogen and oxygen atoms in total. The van der Waals surface area contributed by atoms with Gasteiger partial charge in [-0.15, -0.1) is 0 Å². The number of β-amino-alcohol motifs (C(OH)–C–C–N with tert-alkyl or cyclic N) is 1. The van der Waals surface area contributed by atoms with Crippen molar-refractivity contribution in [1.82, 2.24) is 10.2 Å². The second kappa shape index (κ2) is 8.43. The van der Waals surface area contributed by atoms with Crippen LogP contribution in [0.4, 0.5) is 4.79 Å². The summed E-state index contributed by atoms with van der Waals surface area (Å²) in [5, 5.41) is 12.6. The SMILES string of the molecule is COc1ccc(CNC(=O)N2CCC[C@@H](O)C2)cc1OC1CCCC1. The van der Waals surface area contributed by atoms with Crippen molar-refractivity contribution in [2.75, 3.05) is 20.2 Å². The number of rotatable bonds is 5. The molecule has 1 atom stereocenters. The van der Waals surface area contributed by atoms with Gasteiger partial charge in [0.05, 0.1) is 19.3 Å². The Hall–Kier alpha value is -1.95. The van der Waals surface area contributed by atoms with Crippen molar-refractivity contribution in [2.45, 2.75) is 57.3 Å². The second-order valence-corrected chi connectivity index (χ2v) is 6.91. The van der Waals surface area contributed by atoms with Gasteiger partial charge in [-0.2, -0.15) is 0 Å². The molecule has 0 unspecified atom stereocenters. The summed E-state index contributed by atoms with van der Waals surface area (Å²) in [6.45, 7) is 1.53. The predicted molar refractivity (Wildman–Crippen MR) is 94.9 cm³/mol. The lowest BCUT2D eigenvalue weighted by atomic mass is 10.1. The smallest absolute Gasteiger partial charge is 0.317 e. The molecule has 6 heteroatoms. The third kappa shape index (κ3) is 4.78. The van der Waals surface area contributed by atoms with Crippen molar-refractivity contribution in [2.24, 2.45) is 0 Å². The number of methoxy groups -OCH3 is 1. The molecule has 25 heavy (non-hydrogen) atoms. The summed E-state index contributed by atoms with van der Waals surface area (Å²) >= 11 is 0. The van der Waals surface area contributed by atoms with E-state index in [0.717, 1.165) is 42.7 Å². The molecule has 0 aromatic heterocycles. The van der Waals surface area contributed by atoms with E-state index in [9.17, 15) is 9.90 Å². The molecule has 0 radical (unpaired) electrons. The van der Waals surface area contributed by atoms with Crippen LogP contribution in [0.2, 0.25) is 0 Å². The number of likely N-dealkylation sites (tertiary alicyclic amines) is 1. The Balaban J connectivity index is 1.58. The number of amides is 2. The number of nitrogens with one attached hydrogen (secondary N) is 1. The van der Waals surface area contributed by atoms with E-state index in [-0.39, 0.29) is 12.1 Å². The van der Waals surface area contributed by atoms with Gasteiger partial charge in [0.2, 0.25) is 0 Å². The van der Waals surface area contributed by atoms with Crippen LogP contribution in [0.15, 0.2) is 18.2 Å². The van der Waals surface area contributed by atoms with Crippen LogP contribution in [-0.2, 0) is 6.54 Å². The van der Waals surface area contributed by atoms with Gasteiger partial charge < -0.3 is 24.8 Å². The quantitative estimate of drug-likeness (QED) is 0.858. The van der Waals surface area contributed by atoms with E-state index in [2.05, 4.69) is 5.32 Å². The number of aliphatic hydroxyl groups is 1. The lowest BCUT2D eigenvalue weighted by Gasteiger charge is -2.30. The molecule has 0 spiro atoms. The van der Waals surface area contributed by atoms with Gasteiger partial charge in [0.1, 0.15) is 0 Å². The standard InChI is InChI=1S/C19H28N2O4/c1-24-17-9-8-14(11-18(17)25-16-6-2-3-7-16)12-20-19(23)21-10-4-5-15(22)13-21/h8-9,11,15-16,22H,2-7,10,12-13H2,1H3,(H,20,23)/t15-/m1/s1. The number of ether oxygens (including phenoxy) is 2. The number of urea groups is 1. The lowest BCUT2D eigenvalue weighted by molar-refractivity contribution is 0.0842. The monoisotopic (exact) mass is 348 g/mol. The Morgan fingerprint density at radius 3 is 2.76 bits per heavy atom. The van der Waals surface area contributed by atoms with Crippen LogP contribution in [0.5, 0.6) is 11.5 Å². The Kier molecular flexibility index (Phi) is 6.02. The van der Waals surface area contributed by atoms with Crippen LogP contribution in [-0.4, -0.2) is 48.4 Å². The third-order valence-electron chi connectivity index (χ3n) is 4.95. The van der Waals surface area contributed by atoms with Gasteiger partial charge in [-0.3, -0.25) is 0 Å². The van der Waals surface area contributed by atoms with E-state index in [1.54, 1.807) is 12.0 Å². The molecule has 1 aromatic carbocycles. The van der Waals surface area contributed by atoms with E-state index < -0.39 is 6.10 Å². The van der Waals surface area contributed by atoms with Crippen LogP contribution >= 0.6 is 0 Å². The highest BCUT2D eigenvalue weighted by Gasteiger charge is 2.22. The number of piperidine rings is 1. The first-order chi connectivity index (χ1) is 12.2. The summed E-state index contributed by atoms with van der Waals surface area (Å²) in [6.07, 6.45) is 6.05. The fraction of sp³-hybridized carbons (Fsp3) is 0.632. The zero-order chi connectivity index (χ0) is 17.6. The Morgan fingerprint density at radius 1 is 1.24 bits per heavy atom. The number of carbonyl (C=O) groups is 1. The molecule has 138 valence electrons. The zero-order valence-corrected chi connectivity index (χ0v) is 14.9. The molecule has 1 saturated heterocycles. The first-order valence-corrected chi connectivity index (χ1v) is 9.20. The Morgan fingerprint density at radius 2 is 2.04 bits per heavy atom. The molecule has 2 fully saturated rings. The lowest BCUT2D eigenvalue weighted by Crippen LogP contribution is -2.46. The number of hydrogen-bond donors (Lipinski definition) is 2. The van der Waals surface area contributed by atoms with Crippen molar-refractivity contribution in [3.63, 3.8) is 0 Å². The molecule has 3 rings (SSSR count). The van der Waals surface area contributed by atoms with E-state index in [4.69, 9.17) is 9.47 Å². The first kappa shape index (κ1) is 17.9. The highest BCUT2D eigenvalue weighted by atomic mass is 16.5. The zero-order valence-electron chi connectivity index (χ0n) is 14.9. The Bertz CT molecular complexity index is 587. The molecule has 1 aliphatic carbocycles. The first-order valence-electron chi connectivity index (χ1n) is 9.20. The van der Waals surface area contributed by atoms with Gasteiger partial charge in [0.25, 0.3) is 0 Å². The third-order valence-corrected chi connectivity index (χ3v) is 4.95. The van der Waals surface area contributed by atoms with Gasteiger partial charge in [-0.1, -0.05) is 6.07 Å². The van der Waals surface area contributed by atoms with Crippen molar-refractivity contribution >= 4 is 6.03 Å². The van der Waals surface area contributed by atoms with E-state index in [0.29, 0.717) is 19.6 Å². The summed E-state index contributed by atoms with van der Waals surface area (Å²) in [7, 11) is 1.64. The molecule has 1 aromatic rings. The summed E-state index contributed by atoms with van der Waals surface area (Å²) in [4.78, 5) is 13.9. The van der Waals surface area contributed by atoms with Crippen molar-refractivity contribution in [3.05, 3.63) is 23.8 Å². The number of aliphatic hydroxyl groups excluding tert-OH is 1. The van der Waals surface area contributed by atoms with E-state index in [1.807, 2.05) is 18.2 Å². The average molecular weight is 348 g/mol. The average Bonchev–Trinajstić information content (AvgIpc) is 3.13. The molecule has 0 bridgehead atoms. The summed E-state index contributed by atoms with van der Waals surface area (Å²) in [6, 6.07) is 5.64. The number of hydrogen-bond acceptors (Lipinski definition) is 4. The molecule has 1 saturated carbocycles. The highest BCUT2D eigenvalue weighted by molar-refractivity contribution is 5.74. The van der Waals surface area contributed by atoms with Crippen LogP contribution in [0.3, 0.4) is 0 Å². The molecule has 2 N–H and O–H groups in total. The number of benzene rings is 1. The van der Waals surface area contributed by atoms with Crippen LogP contribution in [0, 0.1) is 0 Å². The van der Waals surface area contributed by atoms with E-state index in [1.165, 1.54) is 12.8 Å². The van der Waals surface area contributed by atoms with Gasteiger partial charge in [0.15, 0.2) is 11.5 Å². The predicted octanol–water partition coefficient (Wildman–Crippen LogP) is 2.68. The van der Waals surface area contributed by atoms with Gasteiger partial charge in [-0.25, -0.2) is 4.79 Å². The highest BCUT2D eigenvalue weighted by Crippen LogP contribution is 2.32. The molecule has 2 amide bonds. The van der Waals surface area contributed by atoms with Crippen molar-refractivity contribution < 1.29 is 19.4 Å². The molecular weight excluding hydrogens is 320 g/mol. The van der Waals surface area contributed by atoms with Gasteiger partial charge in [0, 0.05) is 19.6 Å². The molecule has 1 heterocycles. The van der Waals surface area contributed by atoms with Crippen LogP contribution < -0.4 is 14.8 Å². The maximum atomic E-state index is 12.3. The maximum Gasteiger partial charge on any atom is 0.317 e. The minimum Gasteiger partial charge on any atom is -0.493 e. The van der Waals surface area contributed by atoms with E-state index >= 15 is 0 Å². The molecule has 2 aliphatic rings. The fourth-order valence-corrected chi connectivity index (χ4v) is 3.54. The topological polar surface area (TPSA) is 71.0 Å². The number of nitrogens with zero attached hydrogens (tertiary/aromatic N) is 1. The van der Waals surface area contributed by atoms with Gasteiger partial charge >= 0.3 is 6.03 Å². The van der Waals surface area contributed by atoms with Crippen molar-refractivity contribution in [1.29, 1.82) is 0 Å². The van der Waals surface area contributed by atoms with Crippen molar-refractivity contribution in [3.8, 4) is 11.5 Å². The number of carbonyl (C=O) groups excluding carboxylic acids is 1. The fourth-order valence-electron chi connectivity index (χ4n) is 3.54. The second-order valence-electron chi connectivity index (χ2n) is 6.91. The normalized spacial score (nSPS) is 21.2. The Labute approximate surface area is 149 Å². The largest absolute Gasteiger partial charge is 0.493 e.